The Morgan fingerprint density at radius 3 is 2.83 bits per heavy atom. The van der Waals surface area contributed by atoms with Gasteiger partial charge in [0.1, 0.15) is 6.67 Å². The van der Waals surface area contributed by atoms with Crippen LogP contribution in [0.15, 0.2) is 36.4 Å². The first kappa shape index (κ1) is 7.29. The van der Waals surface area contributed by atoms with Crippen LogP contribution >= 0.6 is 0 Å². The largest absolute Gasteiger partial charge is 0.246 e. The molecule has 0 unspecified atom stereocenters. The molecule has 2 rings (SSSR count). The fraction of sp³-hybridized carbons (Fsp3) is 0.0909. The van der Waals surface area contributed by atoms with Crippen LogP contribution in [0.3, 0.4) is 0 Å². The highest BCUT2D eigenvalue weighted by molar-refractivity contribution is 5.84. The Balaban J connectivity index is 2.79. The topological polar surface area (TPSA) is 0 Å². The molecule has 0 amide bonds. The molecule has 2 aromatic rings. The third-order valence-corrected chi connectivity index (χ3v) is 1.93. The van der Waals surface area contributed by atoms with E-state index in [9.17, 15) is 4.39 Å². The Hall–Kier alpha value is -1.37. The standard InChI is InChI=1S/C11H8F/c12-8-10-6-3-5-9-4-1-2-7-11(9)10/h1-6H,8H2. The SMILES string of the molecule is FCc1cccc2ccc[c]c12. The summed E-state index contributed by atoms with van der Waals surface area (Å²) in [4.78, 5) is 0. The van der Waals surface area contributed by atoms with Crippen LogP contribution in [-0.2, 0) is 6.67 Å². The number of halogens is 1. The van der Waals surface area contributed by atoms with E-state index in [0.29, 0.717) is 5.56 Å². The average molecular weight is 159 g/mol. The molecular formula is C11H8F. The molecule has 1 radical (unpaired) electrons. The maximum absolute atomic E-state index is 12.4. The molecule has 0 aliphatic rings. The van der Waals surface area contributed by atoms with E-state index in [1.54, 1.807) is 6.07 Å². The number of benzene rings is 2. The van der Waals surface area contributed by atoms with Crippen LogP contribution in [0.4, 0.5) is 4.39 Å². The van der Waals surface area contributed by atoms with E-state index >= 15 is 0 Å². The molecule has 0 nitrogen and oxygen atoms in total. The van der Waals surface area contributed by atoms with E-state index in [1.807, 2.05) is 30.3 Å². The summed E-state index contributed by atoms with van der Waals surface area (Å²) in [7, 11) is 0. The van der Waals surface area contributed by atoms with Crippen LogP contribution < -0.4 is 0 Å². The zero-order valence-electron chi connectivity index (χ0n) is 6.55. The van der Waals surface area contributed by atoms with Crippen molar-refractivity contribution in [2.45, 2.75) is 6.67 Å². The van der Waals surface area contributed by atoms with Crippen molar-refractivity contribution in [2.75, 3.05) is 0 Å². The maximum atomic E-state index is 12.4. The van der Waals surface area contributed by atoms with Gasteiger partial charge in [-0.2, -0.15) is 0 Å². The van der Waals surface area contributed by atoms with Crippen molar-refractivity contribution in [2.24, 2.45) is 0 Å². The van der Waals surface area contributed by atoms with Crippen LogP contribution in [0, 0.1) is 6.07 Å². The van der Waals surface area contributed by atoms with Crippen molar-refractivity contribution in [3.8, 4) is 0 Å². The summed E-state index contributed by atoms with van der Waals surface area (Å²) in [5, 5.41) is 1.94. The van der Waals surface area contributed by atoms with E-state index in [1.165, 1.54) is 0 Å². The molecule has 0 bridgehead atoms. The Morgan fingerprint density at radius 1 is 1.17 bits per heavy atom. The summed E-state index contributed by atoms with van der Waals surface area (Å²) in [5.74, 6) is 0. The van der Waals surface area contributed by atoms with Crippen LogP contribution in [-0.4, -0.2) is 0 Å². The van der Waals surface area contributed by atoms with Crippen LogP contribution in [0.25, 0.3) is 10.8 Å². The lowest BCUT2D eigenvalue weighted by Crippen LogP contribution is -1.81. The van der Waals surface area contributed by atoms with Crippen molar-refractivity contribution in [1.29, 1.82) is 0 Å². The molecular weight excluding hydrogens is 151 g/mol. The van der Waals surface area contributed by atoms with E-state index in [4.69, 9.17) is 0 Å². The molecule has 0 heterocycles. The zero-order chi connectivity index (χ0) is 8.39. The van der Waals surface area contributed by atoms with Gasteiger partial charge in [0.2, 0.25) is 0 Å². The molecule has 12 heavy (non-hydrogen) atoms. The number of fused-ring (bicyclic) bond motifs is 1. The minimum absolute atomic E-state index is 0.419. The van der Waals surface area contributed by atoms with Gasteiger partial charge in [0, 0.05) is 0 Å². The van der Waals surface area contributed by atoms with Gasteiger partial charge in [-0.3, -0.25) is 0 Å². The van der Waals surface area contributed by atoms with Gasteiger partial charge < -0.3 is 0 Å². The molecule has 0 atom stereocenters. The number of hydrogen-bond donors (Lipinski definition) is 0. The van der Waals surface area contributed by atoms with Gasteiger partial charge >= 0.3 is 0 Å². The predicted molar refractivity (Wildman–Crippen MR) is 47.6 cm³/mol. The summed E-state index contributed by atoms with van der Waals surface area (Å²) in [6.07, 6.45) is 0. The Bertz CT molecular complexity index is 388. The number of alkyl halides is 1. The molecule has 0 aliphatic heterocycles. The van der Waals surface area contributed by atoms with Gasteiger partial charge in [0.15, 0.2) is 0 Å². The Morgan fingerprint density at radius 2 is 2.00 bits per heavy atom. The van der Waals surface area contributed by atoms with Gasteiger partial charge in [-0.05, 0) is 22.4 Å². The number of rotatable bonds is 1. The van der Waals surface area contributed by atoms with Gasteiger partial charge in [-0.25, -0.2) is 4.39 Å². The molecule has 0 aromatic heterocycles. The lowest BCUT2D eigenvalue weighted by atomic mass is 10.1. The van der Waals surface area contributed by atoms with Crippen LogP contribution in [0.5, 0.6) is 0 Å². The predicted octanol–water partition coefficient (Wildman–Crippen LogP) is 3.11. The highest BCUT2D eigenvalue weighted by Crippen LogP contribution is 2.18. The van der Waals surface area contributed by atoms with Crippen molar-refractivity contribution in [3.05, 3.63) is 48.0 Å². The average Bonchev–Trinajstić information content (AvgIpc) is 2.17. The highest BCUT2D eigenvalue weighted by atomic mass is 19.1. The van der Waals surface area contributed by atoms with Gasteiger partial charge in [-0.1, -0.05) is 36.4 Å². The fourth-order valence-corrected chi connectivity index (χ4v) is 1.33. The van der Waals surface area contributed by atoms with Crippen molar-refractivity contribution in [3.63, 3.8) is 0 Å². The summed E-state index contributed by atoms with van der Waals surface area (Å²) in [6, 6.07) is 14.3. The van der Waals surface area contributed by atoms with Gasteiger partial charge in [0.05, 0.1) is 0 Å². The molecule has 2 aromatic carbocycles. The van der Waals surface area contributed by atoms with Crippen molar-refractivity contribution in [1.82, 2.24) is 0 Å². The minimum Gasteiger partial charge on any atom is -0.246 e. The first-order valence-electron chi connectivity index (χ1n) is 3.86. The number of hydrogen-bond acceptors (Lipinski definition) is 0. The lowest BCUT2D eigenvalue weighted by Gasteiger charge is -2.00. The Kier molecular flexibility index (Phi) is 1.78. The lowest BCUT2D eigenvalue weighted by molar-refractivity contribution is 0.488. The molecule has 0 spiro atoms. The smallest absolute Gasteiger partial charge is 0.115 e. The molecule has 0 saturated carbocycles. The fourth-order valence-electron chi connectivity index (χ4n) is 1.33. The second-order valence-electron chi connectivity index (χ2n) is 2.69. The van der Waals surface area contributed by atoms with E-state index in [2.05, 4.69) is 6.07 Å². The molecule has 0 fully saturated rings. The molecule has 0 aliphatic carbocycles. The van der Waals surface area contributed by atoms with E-state index in [-0.39, 0.29) is 0 Å². The highest BCUT2D eigenvalue weighted by Gasteiger charge is 1.97. The van der Waals surface area contributed by atoms with Crippen LogP contribution in [0.1, 0.15) is 5.56 Å². The molecule has 0 saturated heterocycles. The van der Waals surface area contributed by atoms with Crippen molar-refractivity contribution < 1.29 is 4.39 Å². The van der Waals surface area contributed by atoms with E-state index in [0.717, 1.165) is 10.8 Å². The quantitative estimate of drug-likeness (QED) is 0.599. The van der Waals surface area contributed by atoms with E-state index < -0.39 is 6.67 Å². The molecule has 59 valence electrons. The first-order valence-corrected chi connectivity index (χ1v) is 3.86. The van der Waals surface area contributed by atoms with Crippen molar-refractivity contribution >= 4 is 10.8 Å². The third-order valence-electron chi connectivity index (χ3n) is 1.93. The second kappa shape index (κ2) is 2.94. The Labute approximate surface area is 70.6 Å². The normalized spacial score (nSPS) is 10.4. The summed E-state index contributed by atoms with van der Waals surface area (Å²) >= 11 is 0. The second-order valence-corrected chi connectivity index (χ2v) is 2.69. The summed E-state index contributed by atoms with van der Waals surface area (Å²) in [5.41, 5.74) is 0.716. The maximum Gasteiger partial charge on any atom is 0.115 e. The van der Waals surface area contributed by atoms with Gasteiger partial charge in [0.25, 0.3) is 0 Å². The van der Waals surface area contributed by atoms with Crippen LogP contribution in [0.2, 0.25) is 0 Å². The molecule has 0 N–H and O–H groups in total. The first-order chi connectivity index (χ1) is 5.92. The third kappa shape index (κ3) is 1.07. The summed E-state index contributed by atoms with van der Waals surface area (Å²) < 4.78 is 12.4. The summed E-state index contributed by atoms with van der Waals surface area (Å²) in [6.45, 7) is -0.419. The minimum atomic E-state index is -0.419. The monoisotopic (exact) mass is 159 g/mol. The van der Waals surface area contributed by atoms with Gasteiger partial charge in [-0.15, -0.1) is 0 Å². The molecule has 1 heteroatoms. The zero-order valence-corrected chi connectivity index (χ0v) is 6.55.